The zero-order valence-corrected chi connectivity index (χ0v) is 9.79. The van der Waals surface area contributed by atoms with Gasteiger partial charge in [0.25, 0.3) is 0 Å². The predicted molar refractivity (Wildman–Crippen MR) is 63.3 cm³/mol. The summed E-state index contributed by atoms with van der Waals surface area (Å²) in [4.78, 5) is 2.27. The van der Waals surface area contributed by atoms with Crippen LogP contribution in [-0.4, -0.2) is 39.2 Å². The fraction of sp³-hybridized carbons (Fsp3) is 0.500. The van der Waals surface area contributed by atoms with Gasteiger partial charge < -0.3 is 15.0 Å². The van der Waals surface area contributed by atoms with E-state index in [0.717, 1.165) is 25.4 Å². The first-order valence-electron chi connectivity index (χ1n) is 5.23. The van der Waals surface area contributed by atoms with Crippen molar-refractivity contribution in [1.29, 1.82) is 0 Å². The van der Waals surface area contributed by atoms with Crippen molar-refractivity contribution in [3.05, 3.63) is 29.8 Å². The van der Waals surface area contributed by atoms with Crippen molar-refractivity contribution in [1.82, 2.24) is 10.2 Å². The van der Waals surface area contributed by atoms with Gasteiger partial charge in [-0.1, -0.05) is 18.2 Å². The number of likely N-dealkylation sites (N-methyl/N-ethyl adjacent to an activating group) is 2. The van der Waals surface area contributed by atoms with Crippen molar-refractivity contribution in [2.75, 3.05) is 34.3 Å². The highest BCUT2D eigenvalue weighted by Crippen LogP contribution is 2.18. The van der Waals surface area contributed by atoms with Crippen LogP contribution < -0.4 is 10.1 Å². The minimum Gasteiger partial charge on any atom is -0.496 e. The molecule has 0 atom stereocenters. The van der Waals surface area contributed by atoms with E-state index in [4.69, 9.17) is 4.74 Å². The summed E-state index contributed by atoms with van der Waals surface area (Å²) in [6, 6.07) is 8.15. The number of methoxy groups -OCH3 is 1. The number of hydrogen-bond donors (Lipinski definition) is 1. The highest BCUT2D eigenvalue weighted by molar-refractivity contribution is 5.32. The van der Waals surface area contributed by atoms with Crippen LogP contribution >= 0.6 is 0 Å². The van der Waals surface area contributed by atoms with E-state index in [1.165, 1.54) is 5.56 Å². The van der Waals surface area contributed by atoms with Gasteiger partial charge in [0.1, 0.15) is 5.75 Å². The van der Waals surface area contributed by atoms with E-state index in [1.807, 2.05) is 25.2 Å². The molecule has 0 radical (unpaired) electrons. The summed E-state index contributed by atoms with van der Waals surface area (Å²) < 4.78 is 5.31. The normalized spacial score (nSPS) is 10.7. The molecule has 3 heteroatoms. The molecule has 0 saturated carbocycles. The average Bonchev–Trinajstić information content (AvgIpc) is 2.27. The number of nitrogens with one attached hydrogen (secondary N) is 1. The van der Waals surface area contributed by atoms with E-state index in [1.54, 1.807) is 7.11 Å². The van der Waals surface area contributed by atoms with E-state index in [0.29, 0.717) is 0 Å². The summed E-state index contributed by atoms with van der Waals surface area (Å²) in [5.74, 6) is 0.966. The molecule has 3 nitrogen and oxygen atoms in total. The molecule has 0 amide bonds. The van der Waals surface area contributed by atoms with Crippen LogP contribution in [0.1, 0.15) is 5.56 Å². The van der Waals surface area contributed by atoms with Crippen LogP contribution in [0.5, 0.6) is 5.75 Å². The Labute approximate surface area is 92.0 Å². The molecule has 0 saturated heterocycles. The molecule has 0 heterocycles. The zero-order chi connectivity index (χ0) is 11.1. The third kappa shape index (κ3) is 3.90. The first-order chi connectivity index (χ1) is 7.27. The van der Waals surface area contributed by atoms with Gasteiger partial charge in [-0.15, -0.1) is 0 Å². The molecule has 0 aliphatic heterocycles. The SMILES string of the molecule is CNCCN(C)Cc1ccccc1OC. The van der Waals surface area contributed by atoms with Crippen molar-refractivity contribution >= 4 is 0 Å². The van der Waals surface area contributed by atoms with Crippen LogP contribution in [0.4, 0.5) is 0 Å². The van der Waals surface area contributed by atoms with Crippen LogP contribution in [-0.2, 0) is 6.54 Å². The van der Waals surface area contributed by atoms with Crippen molar-refractivity contribution in [3.63, 3.8) is 0 Å². The molecule has 15 heavy (non-hydrogen) atoms. The molecular formula is C12H20N2O. The van der Waals surface area contributed by atoms with Crippen molar-refractivity contribution in [3.8, 4) is 5.75 Å². The predicted octanol–water partition coefficient (Wildman–Crippen LogP) is 1.35. The third-order valence-electron chi connectivity index (χ3n) is 2.38. The van der Waals surface area contributed by atoms with Gasteiger partial charge in [0.15, 0.2) is 0 Å². The van der Waals surface area contributed by atoms with Crippen molar-refractivity contribution in [2.24, 2.45) is 0 Å². The number of ether oxygens (including phenoxy) is 1. The Morgan fingerprint density at radius 2 is 2.07 bits per heavy atom. The lowest BCUT2D eigenvalue weighted by molar-refractivity contribution is 0.318. The Morgan fingerprint density at radius 3 is 2.73 bits per heavy atom. The lowest BCUT2D eigenvalue weighted by atomic mass is 10.2. The Kier molecular flexibility index (Phi) is 5.15. The number of rotatable bonds is 6. The largest absolute Gasteiger partial charge is 0.496 e. The third-order valence-corrected chi connectivity index (χ3v) is 2.38. The molecule has 0 unspecified atom stereocenters. The number of hydrogen-bond acceptors (Lipinski definition) is 3. The molecule has 84 valence electrons. The van der Waals surface area contributed by atoms with Crippen LogP contribution in [0, 0.1) is 0 Å². The van der Waals surface area contributed by atoms with Gasteiger partial charge in [0.2, 0.25) is 0 Å². The maximum atomic E-state index is 5.31. The van der Waals surface area contributed by atoms with Gasteiger partial charge in [0.05, 0.1) is 7.11 Å². The van der Waals surface area contributed by atoms with Crippen molar-refractivity contribution < 1.29 is 4.74 Å². The standard InChI is InChI=1S/C12H20N2O/c1-13-8-9-14(2)10-11-6-4-5-7-12(11)15-3/h4-7,13H,8-10H2,1-3H3. The molecule has 0 aromatic heterocycles. The molecule has 0 aliphatic carbocycles. The quantitative estimate of drug-likeness (QED) is 0.763. The molecule has 1 N–H and O–H groups in total. The van der Waals surface area contributed by atoms with E-state index < -0.39 is 0 Å². The molecule has 0 fully saturated rings. The average molecular weight is 208 g/mol. The number of benzene rings is 1. The second-order valence-corrected chi connectivity index (χ2v) is 3.65. The van der Waals surface area contributed by atoms with Gasteiger partial charge in [0, 0.05) is 25.2 Å². The molecule has 0 spiro atoms. The number of nitrogens with zero attached hydrogens (tertiary/aromatic N) is 1. The Balaban J connectivity index is 2.55. The highest BCUT2D eigenvalue weighted by Gasteiger charge is 2.04. The minimum absolute atomic E-state index is 0.922. The second kappa shape index (κ2) is 6.43. The zero-order valence-electron chi connectivity index (χ0n) is 9.79. The van der Waals surface area contributed by atoms with E-state index in [9.17, 15) is 0 Å². The number of para-hydroxylation sites is 1. The monoisotopic (exact) mass is 208 g/mol. The van der Waals surface area contributed by atoms with Gasteiger partial charge >= 0.3 is 0 Å². The second-order valence-electron chi connectivity index (χ2n) is 3.65. The molecular weight excluding hydrogens is 188 g/mol. The van der Waals surface area contributed by atoms with Gasteiger partial charge in [-0.2, -0.15) is 0 Å². The Hall–Kier alpha value is -1.06. The molecule has 1 aromatic rings. The molecule has 1 aromatic carbocycles. The molecule has 1 rings (SSSR count). The van der Waals surface area contributed by atoms with Crippen LogP contribution in [0.3, 0.4) is 0 Å². The smallest absolute Gasteiger partial charge is 0.123 e. The summed E-state index contributed by atoms with van der Waals surface area (Å²) >= 11 is 0. The Bertz CT molecular complexity index is 289. The van der Waals surface area contributed by atoms with E-state index in [2.05, 4.69) is 23.3 Å². The summed E-state index contributed by atoms with van der Waals surface area (Å²) in [5, 5.41) is 3.14. The van der Waals surface area contributed by atoms with E-state index in [-0.39, 0.29) is 0 Å². The molecule has 0 bridgehead atoms. The summed E-state index contributed by atoms with van der Waals surface area (Å²) in [5.41, 5.74) is 1.23. The first kappa shape index (κ1) is 12.0. The lowest BCUT2D eigenvalue weighted by Gasteiger charge is -2.17. The molecule has 0 aliphatic rings. The minimum atomic E-state index is 0.922. The van der Waals surface area contributed by atoms with Crippen LogP contribution in [0.25, 0.3) is 0 Å². The lowest BCUT2D eigenvalue weighted by Crippen LogP contribution is -2.27. The topological polar surface area (TPSA) is 24.5 Å². The Morgan fingerprint density at radius 1 is 1.33 bits per heavy atom. The highest BCUT2D eigenvalue weighted by atomic mass is 16.5. The summed E-state index contributed by atoms with van der Waals surface area (Å²) in [7, 11) is 5.80. The fourth-order valence-electron chi connectivity index (χ4n) is 1.51. The first-order valence-corrected chi connectivity index (χ1v) is 5.23. The maximum absolute atomic E-state index is 5.31. The summed E-state index contributed by atoms with van der Waals surface area (Å²) in [6.45, 7) is 2.96. The summed E-state index contributed by atoms with van der Waals surface area (Å²) in [6.07, 6.45) is 0. The van der Waals surface area contributed by atoms with Gasteiger partial charge in [-0.3, -0.25) is 0 Å². The van der Waals surface area contributed by atoms with Gasteiger partial charge in [-0.05, 0) is 20.2 Å². The van der Waals surface area contributed by atoms with E-state index >= 15 is 0 Å². The van der Waals surface area contributed by atoms with Crippen molar-refractivity contribution in [2.45, 2.75) is 6.54 Å². The van der Waals surface area contributed by atoms with Crippen LogP contribution in [0.2, 0.25) is 0 Å². The van der Waals surface area contributed by atoms with Gasteiger partial charge in [-0.25, -0.2) is 0 Å². The fourth-order valence-corrected chi connectivity index (χ4v) is 1.51. The maximum Gasteiger partial charge on any atom is 0.123 e. The van der Waals surface area contributed by atoms with Crippen LogP contribution in [0.15, 0.2) is 24.3 Å².